The predicted molar refractivity (Wildman–Crippen MR) is 122 cm³/mol. The van der Waals surface area contributed by atoms with Gasteiger partial charge in [0, 0.05) is 10.8 Å². The van der Waals surface area contributed by atoms with Crippen molar-refractivity contribution in [3.63, 3.8) is 0 Å². The van der Waals surface area contributed by atoms with Crippen molar-refractivity contribution in [3.05, 3.63) is 72.0 Å². The summed E-state index contributed by atoms with van der Waals surface area (Å²) in [4.78, 5) is 0. The summed E-state index contributed by atoms with van der Waals surface area (Å²) in [5.74, 6) is 0.330. The van der Waals surface area contributed by atoms with Crippen molar-refractivity contribution in [1.29, 1.82) is 0 Å². The van der Waals surface area contributed by atoms with Gasteiger partial charge in [0.1, 0.15) is 11.4 Å². The van der Waals surface area contributed by atoms with Crippen molar-refractivity contribution < 1.29 is 8.81 Å². The van der Waals surface area contributed by atoms with Crippen molar-refractivity contribution >= 4 is 56.2 Å². The summed E-state index contributed by atoms with van der Waals surface area (Å²) in [6.45, 7) is 0. The van der Waals surface area contributed by atoms with Crippen LogP contribution in [0.1, 0.15) is 43.6 Å². The molecule has 0 spiro atoms. The lowest BCUT2D eigenvalue weighted by molar-refractivity contribution is 0.442. The summed E-state index contributed by atoms with van der Waals surface area (Å²) in [5.41, 5.74) is 4.54. The molecule has 28 heavy (non-hydrogen) atoms. The van der Waals surface area contributed by atoms with E-state index in [1.54, 1.807) is 12.1 Å². The van der Waals surface area contributed by atoms with E-state index in [1.807, 2.05) is 21.3 Å². The van der Waals surface area contributed by atoms with E-state index in [0.717, 1.165) is 27.6 Å². The van der Waals surface area contributed by atoms with E-state index in [9.17, 15) is 4.39 Å². The van der Waals surface area contributed by atoms with Gasteiger partial charge >= 0.3 is 0 Å². The molecule has 1 aliphatic rings. The van der Waals surface area contributed by atoms with Crippen LogP contribution in [0.2, 0.25) is 0 Å². The highest BCUT2D eigenvalue weighted by Gasteiger charge is 2.22. The lowest BCUT2D eigenvalue weighted by Crippen LogP contribution is -2.04. The Hall–Kier alpha value is -2.08. The molecule has 1 saturated carbocycles. The second-order valence-electron chi connectivity index (χ2n) is 7.55. The zero-order chi connectivity index (χ0) is 19.1. The van der Waals surface area contributed by atoms with E-state index in [-0.39, 0.29) is 5.82 Å². The Kier molecular flexibility index (Phi) is 4.75. The van der Waals surface area contributed by atoms with E-state index < -0.39 is 0 Å². The number of para-hydroxylation sites is 3. The molecule has 142 valence electrons. The van der Waals surface area contributed by atoms with Crippen molar-refractivity contribution in [2.45, 2.75) is 38.0 Å². The van der Waals surface area contributed by atoms with Gasteiger partial charge in [-0.05, 0) is 42.5 Å². The minimum Gasteiger partial charge on any atom is -0.454 e. The first-order valence-electron chi connectivity index (χ1n) is 9.88. The second kappa shape index (κ2) is 7.39. The molecule has 1 aromatic heterocycles. The normalized spacial score (nSPS) is 15.4. The van der Waals surface area contributed by atoms with E-state index in [4.69, 9.17) is 4.42 Å². The summed E-state index contributed by atoms with van der Waals surface area (Å²) in [6.07, 6.45) is 6.39. The third-order valence-corrected chi connectivity index (χ3v) is 6.89. The van der Waals surface area contributed by atoms with Crippen LogP contribution in [0.5, 0.6) is 0 Å². The Bertz CT molecular complexity index is 1150. The zero-order valence-corrected chi connectivity index (χ0v) is 17.7. The summed E-state index contributed by atoms with van der Waals surface area (Å²) in [7, 11) is 0. The molecule has 0 unspecified atom stereocenters. The highest BCUT2D eigenvalue weighted by Crippen LogP contribution is 2.43. The van der Waals surface area contributed by atoms with Gasteiger partial charge in [-0.25, -0.2) is 4.39 Å². The van der Waals surface area contributed by atoms with Crippen molar-refractivity contribution in [2.75, 3.05) is 3.11 Å². The van der Waals surface area contributed by atoms with E-state index in [0.29, 0.717) is 11.6 Å². The number of nitrogens with zero attached hydrogens (tertiary/aromatic N) is 1. The molecule has 0 aliphatic heterocycles. The third kappa shape index (κ3) is 2.98. The van der Waals surface area contributed by atoms with Gasteiger partial charge in [0.05, 0.1) is 34.2 Å². The molecule has 1 fully saturated rings. The van der Waals surface area contributed by atoms with Crippen LogP contribution in [0.3, 0.4) is 0 Å². The van der Waals surface area contributed by atoms with Gasteiger partial charge < -0.3 is 4.42 Å². The van der Waals surface area contributed by atoms with Crippen LogP contribution in [-0.4, -0.2) is 0 Å². The molecule has 4 aromatic rings. The molecule has 0 amide bonds. The van der Waals surface area contributed by atoms with Crippen LogP contribution in [0.4, 0.5) is 15.8 Å². The summed E-state index contributed by atoms with van der Waals surface area (Å²) in [6, 6.07) is 19.4. The number of hydrogen-bond donors (Lipinski definition) is 0. The maximum Gasteiger partial charge on any atom is 0.159 e. The van der Waals surface area contributed by atoms with Gasteiger partial charge in [0.25, 0.3) is 0 Å². The van der Waals surface area contributed by atoms with Crippen LogP contribution in [-0.2, 0) is 0 Å². The van der Waals surface area contributed by atoms with Gasteiger partial charge in [-0.2, -0.15) is 0 Å². The Balaban J connectivity index is 1.69. The fraction of sp³-hybridized carbons (Fsp3) is 0.250. The third-order valence-electron chi connectivity index (χ3n) is 5.85. The first kappa shape index (κ1) is 18.0. The number of halogens is 2. The SMILES string of the molecule is Fc1ccccc1N(I)c1cccc2c1oc1c(C3CCCCC3)cccc12. The zero-order valence-electron chi connectivity index (χ0n) is 15.5. The highest BCUT2D eigenvalue weighted by atomic mass is 127. The molecule has 4 heteroatoms. The van der Waals surface area contributed by atoms with E-state index >= 15 is 0 Å². The van der Waals surface area contributed by atoms with Crippen molar-refractivity contribution in [1.82, 2.24) is 0 Å². The first-order chi connectivity index (χ1) is 13.7. The number of benzene rings is 3. The standard InChI is InChI=1S/C24H21FINO/c25-20-13-4-5-14-21(20)27(26)22-15-7-12-19-18-11-6-10-17(23(18)28-24(19)22)16-8-2-1-3-9-16/h4-7,10-16H,1-3,8-9H2. The smallest absolute Gasteiger partial charge is 0.159 e. The Morgan fingerprint density at radius 3 is 2.25 bits per heavy atom. The molecule has 2 nitrogen and oxygen atoms in total. The average molecular weight is 485 g/mol. The fourth-order valence-electron chi connectivity index (χ4n) is 4.46. The van der Waals surface area contributed by atoms with Crippen LogP contribution in [0, 0.1) is 5.82 Å². The molecule has 1 aliphatic carbocycles. The number of rotatable bonds is 3. The predicted octanol–water partition coefficient (Wildman–Crippen LogP) is 8.26. The molecule has 0 saturated heterocycles. The number of anilines is 2. The van der Waals surface area contributed by atoms with E-state index in [1.165, 1.54) is 43.7 Å². The summed E-state index contributed by atoms with van der Waals surface area (Å²) < 4.78 is 22.7. The van der Waals surface area contributed by atoms with Gasteiger partial charge in [-0.1, -0.05) is 61.7 Å². The molecular formula is C24H21FINO. The van der Waals surface area contributed by atoms with Crippen molar-refractivity contribution in [2.24, 2.45) is 0 Å². The molecule has 1 heterocycles. The number of furan rings is 1. The van der Waals surface area contributed by atoms with Crippen LogP contribution in [0.25, 0.3) is 21.9 Å². The monoisotopic (exact) mass is 485 g/mol. The van der Waals surface area contributed by atoms with E-state index in [2.05, 4.69) is 47.1 Å². The number of fused-ring (bicyclic) bond motifs is 3. The molecule has 0 N–H and O–H groups in total. The second-order valence-corrected chi connectivity index (χ2v) is 8.51. The minimum atomic E-state index is -0.243. The molecular weight excluding hydrogens is 464 g/mol. The molecule has 3 aromatic carbocycles. The summed E-state index contributed by atoms with van der Waals surface area (Å²) in [5, 5.41) is 2.24. The van der Waals surface area contributed by atoms with Crippen LogP contribution >= 0.6 is 22.9 Å². The molecule has 0 atom stereocenters. The Morgan fingerprint density at radius 1 is 0.786 bits per heavy atom. The largest absolute Gasteiger partial charge is 0.454 e. The maximum absolute atomic E-state index is 14.4. The van der Waals surface area contributed by atoms with Gasteiger partial charge in [0.15, 0.2) is 5.58 Å². The van der Waals surface area contributed by atoms with Crippen LogP contribution in [0.15, 0.2) is 65.1 Å². The van der Waals surface area contributed by atoms with Crippen LogP contribution < -0.4 is 3.11 Å². The topological polar surface area (TPSA) is 16.4 Å². The van der Waals surface area contributed by atoms with Gasteiger partial charge in [0.2, 0.25) is 0 Å². The lowest BCUT2D eigenvalue weighted by Gasteiger charge is -2.21. The Labute approximate surface area is 177 Å². The molecule has 0 radical (unpaired) electrons. The summed E-state index contributed by atoms with van der Waals surface area (Å²) >= 11 is 2.16. The van der Waals surface area contributed by atoms with Gasteiger partial charge in [-0.3, -0.25) is 3.11 Å². The van der Waals surface area contributed by atoms with Gasteiger partial charge in [-0.15, -0.1) is 0 Å². The highest BCUT2D eigenvalue weighted by molar-refractivity contribution is 14.1. The average Bonchev–Trinajstić information content (AvgIpc) is 3.13. The quantitative estimate of drug-likeness (QED) is 0.215. The maximum atomic E-state index is 14.4. The van der Waals surface area contributed by atoms with Crippen molar-refractivity contribution in [3.8, 4) is 0 Å². The molecule has 5 rings (SSSR count). The Morgan fingerprint density at radius 2 is 1.46 bits per heavy atom. The first-order valence-corrected chi connectivity index (χ1v) is 10.8. The molecule has 0 bridgehead atoms. The lowest BCUT2D eigenvalue weighted by atomic mass is 9.83. The number of hydrogen-bond acceptors (Lipinski definition) is 2. The minimum absolute atomic E-state index is 0.243. The fourth-order valence-corrected chi connectivity index (χ4v) is 5.23.